The van der Waals surface area contributed by atoms with Crippen molar-refractivity contribution >= 4 is 43.6 Å². The summed E-state index contributed by atoms with van der Waals surface area (Å²) in [7, 11) is 0. The van der Waals surface area contributed by atoms with Crippen LogP contribution >= 0.6 is 0 Å². The van der Waals surface area contributed by atoms with E-state index in [0.29, 0.717) is 17.2 Å². The second kappa shape index (κ2) is 14.7. The predicted octanol–water partition coefficient (Wildman–Crippen LogP) is 14.4. The minimum Gasteiger partial charge on any atom is -0.307 e. The largest absolute Gasteiger partial charge is 0.307 e. The number of para-hydroxylation sites is 3. The van der Waals surface area contributed by atoms with Gasteiger partial charge in [0.2, 0.25) is 5.95 Å². The molecule has 0 saturated carbocycles. The molecular weight excluding hydrogens is 755 g/mol. The van der Waals surface area contributed by atoms with Gasteiger partial charge in [-0.25, -0.2) is 4.98 Å². The lowest BCUT2D eigenvalue weighted by Gasteiger charge is -2.16. The van der Waals surface area contributed by atoms with Crippen molar-refractivity contribution in [1.82, 2.24) is 24.1 Å². The summed E-state index contributed by atoms with van der Waals surface area (Å²) in [6.07, 6.45) is 0. The average Bonchev–Trinajstić information content (AvgIpc) is 1.52. The number of rotatable bonds is 7. The Morgan fingerprint density at radius 1 is 0.323 bits per heavy atom. The highest BCUT2D eigenvalue weighted by atomic mass is 15.2. The Hall–Kier alpha value is -8.41. The fraction of sp³-hybridized carbons (Fsp3) is 0. The van der Waals surface area contributed by atoms with Crippen molar-refractivity contribution < 1.29 is 32.9 Å². The SMILES string of the molecule is [2H]c1ccc(-c2ccc(-c3nc(-c4ccccc4)nc(-n4c5c([2H])c([2H])c([2H])c([2H])c5c5c([2H])c([2H])c6c7c([2H])c([2H])c([2H])c([2H])c7n(-c7c([2H])c([2H])c([2H])c([2H])c7-c7c([2H])c([2H])c(-c8c([2H])c([2H])c([2H])c([2H])c8[2H])c([2H])c7[2H])c6c54)n3)cc2)cc1. The minimum atomic E-state index is -1.07. The van der Waals surface area contributed by atoms with Crippen LogP contribution in [0.25, 0.3) is 111 Å². The highest BCUT2D eigenvalue weighted by Gasteiger charge is 2.24. The molecule has 0 N–H and O–H groups in total. The lowest BCUT2D eigenvalue weighted by atomic mass is 9.99. The monoisotopic (exact) mass is 815 g/mol. The first-order valence-corrected chi connectivity index (χ1v) is 19.0. The molecule has 0 aliphatic carbocycles. The molecule has 3 heterocycles. The van der Waals surface area contributed by atoms with Gasteiger partial charge in [0.15, 0.2) is 11.6 Å². The molecule has 0 bridgehead atoms. The summed E-state index contributed by atoms with van der Waals surface area (Å²) < 4.78 is 222. The van der Waals surface area contributed by atoms with E-state index < -0.39 is 216 Å². The third kappa shape index (κ3) is 5.90. The molecule has 0 fully saturated rings. The molecule has 3 aromatic heterocycles. The van der Waals surface area contributed by atoms with Gasteiger partial charge in [-0.15, -0.1) is 0 Å². The van der Waals surface area contributed by atoms with Crippen molar-refractivity contribution in [1.29, 1.82) is 0 Å². The molecular formula is C57H37N5. The average molecular weight is 816 g/mol. The molecule has 0 aliphatic heterocycles. The molecule has 12 rings (SSSR count). The summed E-state index contributed by atoms with van der Waals surface area (Å²) >= 11 is 0. The van der Waals surface area contributed by atoms with Crippen molar-refractivity contribution in [2.45, 2.75) is 0 Å². The van der Waals surface area contributed by atoms with E-state index in [0.717, 1.165) is 20.3 Å². The molecule has 0 unspecified atom stereocenters. The van der Waals surface area contributed by atoms with Gasteiger partial charge < -0.3 is 4.57 Å². The summed E-state index contributed by atoms with van der Waals surface area (Å²) in [5.41, 5.74) is -3.69. The topological polar surface area (TPSA) is 48.5 Å². The summed E-state index contributed by atoms with van der Waals surface area (Å²) in [5, 5.41) is -1.84. The predicted molar refractivity (Wildman–Crippen MR) is 256 cm³/mol. The minimum absolute atomic E-state index is 0.00834. The molecule has 0 atom stereocenters. The van der Waals surface area contributed by atoms with E-state index in [2.05, 4.69) is 0 Å². The van der Waals surface area contributed by atoms with Crippen LogP contribution in [-0.2, 0) is 0 Å². The van der Waals surface area contributed by atoms with E-state index in [1.807, 2.05) is 0 Å². The Bertz CT molecular complexity index is 4970. The van der Waals surface area contributed by atoms with Crippen LogP contribution in [0.1, 0.15) is 32.9 Å². The van der Waals surface area contributed by atoms with Crippen LogP contribution in [0.15, 0.2) is 224 Å². The summed E-state index contributed by atoms with van der Waals surface area (Å²) in [6, 6.07) is 1.83. The van der Waals surface area contributed by atoms with Crippen LogP contribution in [0.2, 0.25) is 0 Å². The number of nitrogens with zero attached hydrogens (tertiary/aromatic N) is 5. The second-order valence-electron chi connectivity index (χ2n) is 13.8. The van der Waals surface area contributed by atoms with Crippen molar-refractivity contribution in [2.75, 3.05) is 0 Å². The quantitative estimate of drug-likeness (QED) is 0.161. The van der Waals surface area contributed by atoms with Gasteiger partial charge in [-0.3, -0.25) is 4.57 Å². The standard InChI is InChI=1S/C57H37N5/c1-4-16-38(17-5-1)40-28-32-42(33-29-40)45-22-10-13-25-50(45)61-51-26-14-11-23-46(51)48-36-37-49-47-24-12-15-27-52(47)62(54(49)53(48)61)57-59-55(43-20-8-3-9-21-43)58-56(60-57)44-34-30-41(31-35-44)39-18-6-2-7-19-39/h1-37H/i1D,2D,4D,5D,10D,11D,12D,13D,14D,15D,16D,17D,22D,23D,24D,25D,26D,27D,28D,29D,32D,33D,36D,37D. The fourth-order valence-electron chi connectivity index (χ4n) is 7.53. The molecule has 0 saturated heterocycles. The maximum Gasteiger partial charge on any atom is 0.238 e. The van der Waals surface area contributed by atoms with Gasteiger partial charge in [-0.1, -0.05) is 206 Å². The zero-order valence-corrected chi connectivity index (χ0v) is 31.7. The lowest BCUT2D eigenvalue weighted by molar-refractivity contribution is 0.953. The van der Waals surface area contributed by atoms with Crippen LogP contribution in [0.4, 0.5) is 0 Å². The van der Waals surface area contributed by atoms with Crippen LogP contribution in [0, 0.1) is 0 Å². The van der Waals surface area contributed by atoms with Crippen molar-refractivity contribution in [3.05, 3.63) is 224 Å². The first-order valence-electron chi connectivity index (χ1n) is 31.0. The van der Waals surface area contributed by atoms with Crippen LogP contribution < -0.4 is 0 Å². The van der Waals surface area contributed by atoms with Crippen LogP contribution in [0.3, 0.4) is 0 Å². The van der Waals surface area contributed by atoms with Gasteiger partial charge in [-0.05, 0) is 45.9 Å². The maximum atomic E-state index is 9.87. The second-order valence-corrected chi connectivity index (χ2v) is 13.8. The molecule has 0 radical (unpaired) electrons. The molecule has 12 aromatic rings. The molecule has 9 aromatic carbocycles. The van der Waals surface area contributed by atoms with E-state index in [-0.39, 0.29) is 11.6 Å². The normalized spacial score (nSPS) is 17.0. The highest BCUT2D eigenvalue weighted by molar-refractivity contribution is 6.24. The summed E-state index contributed by atoms with van der Waals surface area (Å²) in [6.45, 7) is 0. The summed E-state index contributed by atoms with van der Waals surface area (Å²) in [5.74, 6) is -0.444. The van der Waals surface area contributed by atoms with Gasteiger partial charge in [0.05, 0.1) is 60.7 Å². The molecule has 0 spiro atoms. The molecule has 5 heteroatoms. The van der Waals surface area contributed by atoms with Gasteiger partial charge >= 0.3 is 0 Å². The smallest absolute Gasteiger partial charge is 0.238 e. The van der Waals surface area contributed by atoms with Gasteiger partial charge in [0.25, 0.3) is 0 Å². The lowest BCUT2D eigenvalue weighted by Crippen LogP contribution is -2.07. The number of benzene rings is 9. The van der Waals surface area contributed by atoms with Crippen LogP contribution in [0.5, 0.6) is 0 Å². The number of hydrogen-bond donors (Lipinski definition) is 0. The van der Waals surface area contributed by atoms with E-state index in [9.17, 15) is 17.8 Å². The Balaban J connectivity index is 1.32. The third-order valence-electron chi connectivity index (χ3n) is 10.3. The fourth-order valence-corrected chi connectivity index (χ4v) is 7.53. The van der Waals surface area contributed by atoms with Gasteiger partial charge in [0, 0.05) is 38.2 Å². The number of hydrogen-bond acceptors (Lipinski definition) is 3. The van der Waals surface area contributed by atoms with E-state index in [4.69, 9.17) is 30.0 Å². The first-order chi connectivity index (χ1) is 40.7. The Labute approximate surface area is 392 Å². The summed E-state index contributed by atoms with van der Waals surface area (Å²) in [4.78, 5) is 14.7. The first kappa shape index (κ1) is 18.9. The van der Waals surface area contributed by atoms with E-state index in [1.54, 1.807) is 78.9 Å². The zero-order chi connectivity index (χ0) is 61.9. The van der Waals surface area contributed by atoms with Gasteiger partial charge in [-0.2, -0.15) is 9.97 Å². The third-order valence-corrected chi connectivity index (χ3v) is 10.3. The maximum absolute atomic E-state index is 9.87. The van der Waals surface area contributed by atoms with E-state index >= 15 is 0 Å². The Morgan fingerprint density at radius 2 is 0.823 bits per heavy atom. The Morgan fingerprint density at radius 3 is 1.52 bits per heavy atom. The molecule has 5 nitrogen and oxygen atoms in total. The molecule has 290 valence electrons. The number of aromatic nitrogens is 5. The highest BCUT2D eigenvalue weighted by Crippen LogP contribution is 2.43. The van der Waals surface area contributed by atoms with Gasteiger partial charge in [0.1, 0.15) is 0 Å². The molecule has 0 aliphatic rings. The Kier molecular flexibility index (Phi) is 4.48. The van der Waals surface area contributed by atoms with Crippen molar-refractivity contribution in [2.24, 2.45) is 0 Å². The number of fused-ring (bicyclic) bond motifs is 7. The van der Waals surface area contributed by atoms with E-state index in [1.165, 1.54) is 0 Å². The van der Waals surface area contributed by atoms with Crippen molar-refractivity contribution in [3.8, 4) is 67.8 Å². The molecule has 0 amide bonds. The van der Waals surface area contributed by atoms with Crippen molar-refractivity contribution in [3.63, 3.8) is 0 Å². The zero-order valence-electron chi connectivity index (χ0n) is 55.7. The molecule has 62 heavy (non-hydrogen) atoms. The van der Waals surface area contributed by atoms with Crippen LogP contribution in [-0.4, -0.2) is 24.1 Å².